The topological polar surface area (TPSA) is 21.3 Å². The van der Waals surface area contributed by atoms with Gasteiger partial charge in [0.1, 0.15) is 0 Å². The lowest BCUT2D eigenvalue weighted by Crippen LogP contribution is -2.37. The van der Waals surface area contributed by atoms with E-state index >= 15 is 0 Å². The summed E-state index contributed by atoms with van der Waals surface area (Å²) in [5.41, 5.74) is -0.179. The van der Waals surface area contributed by atoms with E-state index in [1.54, 1.807) is 7.11 Å². The third-order valence-electron chi connectivity index (χ3n) is 3.64. The third-order valence-corrected chi connectivity index (χ3v) is 4.33. The predicted octanol–water partition coefficient (Wildman–Crippen LogP) is 4.84. The Balaban J connectivity index is 2.19. The standard InChI is InChI=1S/C14H17BrF3NO/c1-20-13-5-3-2-4-11(13)19-12-8-9(14(16,17)18)6-7-10(12)15/h6-8,11,13,19H,2-5H2,1H3. The Labute approximate surface area is 124 Å². The van der Waals surface area contributed by atoms with Crippen molar-refractivity contribution in [2.75, 3.05) is 12.4 Å². The molecule has 2 rings (SSSR count). The molecule has 1 aliphatic carbocycles. The molecule has 2 nitrogen and oxygen atoms in total. The average molecular weight is 352 g/mol. The molecule has 0 saturated heterocycles. The van der Waals surface area contributed by atoms with Crippen LogP contribution in [-0.2, 0) is 10.9 Å². The molecule has 1 fully saturated rings. The molecule has 1 saturated carbocycles. The minimum absolute atomic E-state index is 0.0465. The first kappa shape index (κ1) is 15.6. The first-order valence-corrected chi connectivity index (χ1v) is 7.37. The highest BCUT2D eigenvalue weighted by Gasteiger charge is 2.32. The van der Waals surface area contributed by atoms with E-state index in [4.69, 9.17) is 4.74 Å². The number of hydrogen-bond donors (Lipinski definition) is 1. The van der Waals surface area contributed by atoms with Crippen molar-refractivity contribution in [1.29, 1.82) is 0 Å². The quantitative estimate of drug-likeness (QED) is 0.841. The van der Waals surface area contributed by atoms with Crippen LogP contribution < -0.4 is 5.32 Å². The lowest BCUT2D eigenvalue weighted by Gasteiger charge is -2.32. The fraction of sp³-hybridized carbons (Fsp3) is 0.571. The Morgan fingerprint density at radius 1 is 1.25 bits per heavy atom. The Kier molecular flexibility index (Phi) is 4.96. The summed E-state index contributed by atoms with van der Waals surface area (Å²) in [5.74, 6) is 0. The first-order chi connectivity index (χ1) is 9.41. The lowest BCUT2D eigenvalue weighted by molar-refractivity contribution is -0.137. The van der Waals surface area contributed by atoms with Gasteiger partial charge >= 0.3 is 6.18 Å². The zero-order chi connectivity index (χ0) is 14.8. The molecule has 2 unspecified atom stereocenters. The van der Waals surface area contributed by atoms with Crippen LogP contribution in [0.25, 0.3) is 0 Å². The number of rotatable bonds is 3. The van der Waals surface area contributed by atoms with Crippen molar-refractivity contribution in [1.82, 2.24) is 0 Å². The zero-order valence-corrected chi connectivity index (χ0v) is 12.7. The molecule has 1 aromatic carbocycles. The van der Waals surface area contributed by atoms with E-state index in [9.17, 15) is 13.2 Å². The van der Waals surface area contributed by atoms with Crippen LogP contribution in [0.4, 0.5) is 18.9 Å². The molecule has 20 heavy (non-hydrogen) atoms. The summed E-state index contributed by atoms with van der Waals surface area (Å²) in [5, 5.41) is 3.19. The fourth-order valence-corrected chi connectivity index (χ4v) is 2.92. The van der Waals surface area contributed by atoms with Crippen molar-refractivity contribution < 1.29 is 17.9 Å². The molecule has 0 bridgehead atoms. The highest BCUT2D eigenvalue weighted by Crippen LogP contribution is 2.35. The van der Waals surface area contributed by atoms with Crippen LogP contribution in [0.15, 0.2) is 22.7 Å². The van der Waals surface area contributed by atoms with Crippen LogP contribution in [0.3, 0.4) is 0 Å². The van der Waals surface area contributed by atoms with Gasteiger partial charge < -0.3 is 10.1 Å². The van der Waals surface area contributed by atoms with E-state index in [1.165, 1.54) is 6.07 Å². The number of ether oxygens (including phenoxy) is 1. The van der Waals surface area contributed by atoms with E-state index in [0.717, 1.165) is 37.8 Å². The smallest absolute Gasteiger partial charge is 0.379 e. The molecule has 1 aromatic rings. The molecular formula is C14H17BrF3NO. The van der Waals surface area contributed by atoms with Crippen LogP contribution in [0.5, 0.6) is 0 Å². The maximum Gasteiger partial charge on any atom is 0.416 e. The number of benzene rings is 1. The fourth-order valence-electron chi connectivity index (χ4n) is 2.56. The molecule has 0 aliphatic heterocycles. The van der Waals surface area contributed by atoms with Gasteiger partial charge in [0.15, 0.2) is 0 Å². The number of halogens is 4. The second-order valence-corrected chi connectivity index (χ2v) is 5.86. The van der Waals surface area contributed by atoms with E-state index in [2.05, 4.69) is 21.2 Å². The largest absolute Gasteiger partial charge is 0.416 e. The van der Waals surface area contributed by atoms with Crippen LogP contribution in [0.1, 0.15) is 31.2 Å². The molecular weight excluding hydrogens is 335 g/mol. The summed E-state index contributed by atoms with van der Waals surface area (Å²) in [6.45, 7) is 0. The van der Waals surface area contributed by atoms with E-state index in [1.807, 2.05) is 0 Å². The number of methoxy groups -OCH3 is 1. The van der Waals surface area contributed by atoms with Gasteiger partial charge in [-0.2, -0.15) is 13.2 Å². The van der Waals surface area contributed by atoms with Gasteiger partial charge in [-0.15, -0.1) is 0 Å². The van der Waals surface area contributed by atoms with Gasteiger partial charge in [0.2, 0.25) is 0 Å². The molecule has 1 aliphatic rings. The van der Waals surface area contributed by atoms with Crippen LogP contribution >= 0.6 is 15.9 Å². The summed E-state index contributed by atoms with van der Waals surface area (Å²) < 4.78 is 44.3. The lowest BCUT2D eigenvalue weighted by atomic mass is 9.92. The highest BCUT2D eigenvalue weighted by atomic mass is 79.9. The predicted molar refractivity (Wildman–Crippen MR) is 75.8 cm³/mol. The summed E-state index contributed by atoms with van der Waals surface area (Å²) in [7, 11) is 1.64. The number of nitrogens with one attached hydrogen (secondary N) is 1. The van der Waals surface area contributed by atoms with Crippen LogP contribution in [0.2, 0.25) is 0 Å². The van der Waals surface area contributed by atoms with Gasteiger partial charge in [0.05, 0.1) is 17.7 Å². The highest BCUT2D eigenvalue weighted by molar-refractivity contribution is 9.10. The van der Waals surface area contributed by atoms with Crippen LogP contribution in [-0.4, -0.2) is 19.3 Å². The number of anilines is 1. The Morgan fingerprint density at radius 3 is 2.60 bits per heavy atom. The first-order valence-electron chi connectivity index (χ1n) is 6.58. The molecule has 6 heteroatoms. The molecule has 0 radical (unpaired) electrons. The summed E-state index contributed by atoms with van der Waals surface area (Å²) in [4.78, 5) is 0. The Hall–Kier alpha value is -0.750. The maximum absolute atomic E-state index is 12.8. The van der Waals surface area contributed by atoms with Crippen molar-refractivity contribution in [3.8, 4) is 0 Å². The van der Waals surface area contributed by atoms with E-state index in [0.29, 0.717) is 10.2 Å². The summed E-state index contributed by atoms with van der Waals surface area (Å²) >= 11 is 3.30. The molecule has 112 valence electrons. The molecule has 0 spiro atoms. The van der Waals surface area contributed by atoms with Crippen molar-refractivity contribution in [2.24, 2.45) is 0 Å². The zero-order valence-electron chi connectivity index (χ0n) is 11.1. The van der Waals surface area contributed by atoms with Crippen LogP contribution in [0, 0.1) is 0 Å². The minimum Gasteiger partial charge on any atom is -0.379 e. The molecule has 2 atom stereocenters. The second-order valence-electron chi connectivity index (χ2n) is 5.00. The molecule has 0 amide bonds. The van der Waals surface area contributed by atoms with Gasteiger partial charge in [-0.25, -0.2) is 0 Å². The molecule has 0 heterocycles. The molecule has 0 aromatic heterocycles. The average Bonchev–Trinajstić information content (AvgIpc) is 2.40. The van der Waals surface area contributed by atoms with Gasteiger partial charge in [-0.3, -0.25) is 0 Å². The normalized spacial score (nSPS) is 23.6. The van der Waals surface area contributed by atoms with Crippen molar-refractivity contribution in [2.45, 2.75) is 44.0 Å². The summed E-state index contributed by atoms with van der Waals surface area (Å²) in [6.07, 6.45) is -0.282. The summed E-state index contributed by atoms with van der Waals surface area (Å²) in [6, 6.07) is 3.69. The van der Waals surface area contributed by atoms with Crippen molar-refractivity contribution in [3.05, 3.63) is 28.2 Å². The van der Waals surface area contributed by atoms with Gasteiger partial charge in [-0.05, 0) is 47.0 Å². The van der Waals surface area contributed by atoms with Crippen molar-refractivity contribution in [3.63, 3.8) is 0 Å². The number of hydrogen-bond acceptors (Lipinski definition) is 2. The minimum atomic E-state index is -4.33. The monoisotopic (exact) mass is 351 g/mol. The van der Waals surface area contributed by atoms with E-state index in [-0.39, 0.29) is 12.1 Å². The van der Waals surface area contributed by atoms with Gasteiger partial charge in [-0.1, -0.05) is 12.8 Å². The molecule has 1 N–H and O–H groups in total. The van der Waals surface area contributed by atoms with Gasteiger partial charge in [0.25, 0.3) is 0 Å². The van der Waals surface area contributed by atoms with Gasteiger partial charge in [0, 0.05) is 17.3 Å². The number of alkyl halides is 3. The third kappa shape index (κ3) is 3.67. The van der Waals surface area contributed by atoms with E-state index < -0.39 is 11.7 Å². The Bertz CT molecular complexity index is 464. The Morgan fingerprint density at radius 2 is 1.95 bits per heavy atom. The SMILES string of the molecule is COC1CCCCC1Nc1cc(C(F)(F)F)ccc1Br. The second kappa shape index (κ2) is 6.35. The van der Waals surface area contributed by atoms with Crippen molar-refractivity contribution >= 4 is 21.6 Å². The maximum atomic E-state index is 12.8.